The molecule has 0 saturated heterocycles. The molecule has 7 heteroatoms. The van der Waals surface area contributed by atoms with Crippen LogP contribution in [0.25, 0.3) is 0 Å². The highest BCUT2D eigenvalue weighted by atomic mass is 35.5. The van der Waals surface area contributed by atoms with Gasteiger partial charge in [0, 0.05) is 30.5 Å². The summed E-state index contributed by atoms with van der Waals surface area (Å²) in [6.07, 6.45) is 4.95. The first-order valence-electron chi connectivity index (χ1n) is 6.48. The number of carbonyl (C=O) groups excluding carboxylic acids is 1. The lowest BCUT2D eigenvalue weighted by atomic mass is 10.2. The molecule has 0 aliphatic rings. The zero-order valence-corrected chi connectivity index (χ0v) is 12.0. The van der Waals surface area contributed by atoms with Crippen LogP contribution in [0.1, 0.15) is 29.4 Å². The SMILES string of the molecule is CCc1cc(C(=O)NCCCn2ccnn2)cc(Cl)n1. The minimum atomic E-state index is -0.136. The van der Waals surface area contributed by atoms with Crippen LogP contribution in [-0.2, 0) is 13.0 Å². The van der Waals surface area contributed by atoms with Crippen LogP contribution in [-0.4, -0.2) is 32.4 Å². The molecule has 0 unspecified atom stereocenters. The van der Waals surface area contributed by atoms with Crippen molar-refractivity contribution in [2.45, 2.75) is 26.3 Å². The third kappa shape index (κ3) is 4.03. The maximum Gasteiger partial charge on any atom is 0.251 e. The number of halogens is 1. The second-order valence-electron chi connectivity index (χ2n) is 4.30. The summed E-state index contributed by atoms with van der Waals surface area (Å²) >= 11 is 5.89. The van der Waals surface area contributed by atoms with Gasteiger partial charge in [-0.15, -0.1) is 5.10 Å². The van der Waals surface area contributed by atoms with E-state index in [0.717, 1.165) is 25.1 Å². The van der Waals surface area contributed by atoms with Crippen LogP contribution in [0, 0.1) is 0 Å². The highest BCUT2D eigenvalue weighted by Gasteiger charge is 2.08. The lowest BCUT2D eigenvalue weighted by Crippen LogP contribution is -2.25. The molecule has 2 aromatic rings. The van der Waals surface area contributed by atoms with E-state index < -0.39 is 0 Å². The van der Waals surface area contributed by atoms with Crippen molar-refractivity contribution in [2.24, 2.45) is 0 Å². The molecular weight excluding hydrogens is 278 g/mol. The van der Waals surface area contributed by atoms with Gasteiger partial charge < -0.3 is 5.32 Å². The van der Waals surface area contributed by atoms with Crippen LogP contribution in [0.4, 0.5) is 0 Å². The number of hydrogen-bond acceptors (Lipinski definition) is 4. The van der Waals surface area contributed by atoms with Crippen molar-refractivity contribution in [3.05, 3.63) is 40.9 Å². The Morgan fingerprint density at radius 3 is 3.00 bits per heavy atom. The maximum atomic E-state index is 12.0. The lowest BCUT2D eigenvalue weighted by Gasteiger charge is -2.07. The first-order valence-corrected chi connectivity index (χ1v) is 6.85. The zero-order chi connectivity index (χ0) is 14.4. The molecule has 1 amide bonds. The van der Waals surface area contributed by atoms with E-state index in [-0.39, 0.29) is 5.91 Å². The number of aromatic nitrogens is 4. The van der Waals surface area contributed by atoms with Crippen LogP contribution in [0.3, 0.4) is 0 Å². The standard InChI is InChI=1S/C13H16ClN5O/c1-2-11-8-10(9-12(14)17-11)13(20)15-4-3-6-19-7-5-16-18-19/h5,7-9H,2-4,6H2,1H3,(H,15,20). The molecular formula is C13H16ClN5O. The van der Waals surface area contributed by atoms with Crippen LogP contribution in [0.5, 0.6) is 0 Å². The highest BCUT2D eigenvalue weighted by Crippen LogP contribution is 2.11. The fourth-order valence-corrected chi connectivity index (χ4v) is 1.99. The Kier molecular flexibility index (Phi) is 5.06. The van der Waals surface area contributed by atoms with E-state index in [9.17, 15) is 4.79 Å². The lowest BCUT2D eigenvalue weighted by molar-refractivity contribution is 0.0952. The van der Waals surface area contributed by atoms with E-state index in [1.54, 1.807) is 29.2 Å². The second kappa shape index (κ2) is 7.00. The third-order valence-electron chi connectivity index (χ3n) is 2.79. The van der Waals surface area contributed by atoms with Gasteiger partial charge in [-0.3, -0.25) is 9.48 Å². The number of amides is 1. The quantitative estimate of drug-likeness (QED) is 0.650. The summed E-state index contributed by atoms with van der Waals surface area (Å²) in [5.41, 5.74) is 1.35. The molecule has 1 N–H and O–H groups in total. The Morgan fingerprint density at radius 1 is 1.45 bits per heavy atom. The van der Waals surface area contributed by atoms with Gasteiger partial charge in [-0.2, -0.15) is 0 Å². The molecule has 6 nitrogen and oxygen atoms in total. The van der Waals surface area contributed by atoms with Crippen molar-refractivity contribution < 1.29 is 4.79 Å². The molecule has 2 rings (SSSR count). The van der Waals surface area contributed by atoms with Gasteiger partial charge in [0.05, 0.1) is 6.20 Å². The summed E-state index contributed by atoms with van der Waals surface area (Å²) in [7, 11) is 0. The van der Waals surface area contributed by atoms with E-state index in [1.807, 2.05) is 6.92 Å². The van der Waals surface area contributed by atoms with Gasteiger partial charge in [-0.25, -0.2) is 4.98 Å². The average molecular weight is 294 g/mol. The number of pyridine rings is 1. The molecule has 0 saturated carbocycles. The molecule has 0 radical (unpaired) electrons. The predicted octanol–water partition coefficient (Wildman–Crippen LogP) is 1.71. The van der Waals surface area contributed by atoms with E-state index in [0.29, 0.717) is 17.3 Å². The minimum Gasteiger partial charge on any atom is -0.352 e. The summed E-state index contributed by atoms with van der Waals surface area (Å²) < 4.78 is 1.73. The van der Waals surface area contributed by atoms with Gasteiger partial charge in [0.1, 0.15) is 5.15 Å². The third-order valence-corrected chi connectivity index (χ3v) is 2.99. The fourth-order valence-electron chi connectivity index (χ4n) is 1.76. The molecule has 0 aliphatic heterocycles. The van der Waals surface area contributed by atoms with E-state index >= 15 is 0 Å². The van der Waals surface area contributed by atoms with Gasteiger partial charge in [0.25, 0.3) is 5.91 Å². The summed E-state index contributed by atoms with van der Waals surface area (Å²) in [6.45, 7) is 3.26. The van der Waals surface area contributed by atoms with E-state index in [4.69, 9.17) is 11.6 Å². The number of nitrogens with one attached hydrogen (secondary N) is 1. The molecule has 0 aliphatic carbocycles. The highest BCUT2D eigenvalue weighted by molar-refractivity contribution is 6.29. The van der Waals surface area contributed by atoms with Crippen LogP contribution >= 0.6 is 11.6 Å². The van der Waals surface area contributed by atoms with Gasteiger partial charge in [-0.05, 0) is 25.0 Å². The van der Waals surface area contributed by atoms with Crippen LogP contribution < -0.4 is 5.32 Å². The maximum absolute atomic E-state index is 12.0. The number of hydrogen-bond donors (Lipinski definition) is 1. The molecule has 106 valence electrons. The number of nitrogens with zero attached hydrogens (tertiary/aromatic N) is 4. The van der Waals surface area contributed by atoms with Gasteiger partial charge in [-0.1, -0.05) is 23.7 Å². The summed E-state index contributed by atoms with van der Waals surface area (Å²) in [5, 5.41) is 10.8. The Balaban J connectivity index is 1.83. The smallest absolute Gasteiger partial charge is 0.251 e. The molecule has 0 fully saturated rings. The van der Waals surface area contributed by atoms with Crippen molar-refractivity contribution in [1.29, 1.82) is 0 Å². The minimum absolute atomic E-state index is 0.136. The number of rotatable bonds is 6. The normalized spacial score (nSPS) is 10.5. The van der Waals surface area contributed by atoms with E-state index in [1.165, 1.54) is 0 Å². The zero-order valence-electron chi connectivity index (χ0n) is 11.2. The molecule has 0 atom stereocenters. The first kappa shape index (κ1) is 14.5. The molecule has 0 aromatic carbocycles. The fraction of sp³-hybridized carbons (Fsp3) is 0.385. The molecule has 0 bridgehead atoms. The van der Waals surface area contributed by atoms with E-state index in [2.05, 4.69) is 20.6 Å². The Labute approximate surface area is 122 Å². The van der Waals surface area contributed by atoms with Crippen molar-refractivity contribution in [1.82, 2.24) is 25.3 Å². The molecule has 20 heavy (non-hydrogen) atoms. The topological polar surface area (TPSA) is 72.7 Å². The second-order valence-corrected chi connectivity index (χ2v) is 4.69. The van der Waals surface area contributed by atoms with Crippen molar-refractivity contribution in [3.8, 4) is 0 Å². The van der Waals surface area contributed by atoms with Gasteiger partial charge in [0.15, 0.2) is 0 Å². The van der Waals surface area contributed by atoms with Gasteiger partial charge in [0.2, 0.25) is 0 Å². The summed E-state index contributed by atoms with van der Waals surface area (Å²) in [6, 6.07) is 3.34. The monoisotopic (exact) mass is 293 g/mol. The summed E-state index contributed by atoms with van der Waals surface area (Å²) in [4.78, 5) is 16.1. The predicted molar refractivity (Wildman–Crippen MR) is 75.6 cm³/mol. The molecule has 2 aromatic heterocycles. The van der Waals surface area contributed by atoms with Crippen molar-refractivity contribution in [3.63, 3.8) is 0 Å². The van der Waals surface area contributed by atoms with Crippen LogP contribution in [0.2, 0.25) is 5.15 Å². The first-order chi connectivity index (χ1) is 9.69. The van der Waals surface area contributed by atoms with Crippen molar-refractivity contribution in [2.75, 3.05) is 6.54 Å². The largest absolute Gasteiger partial charge is 0.352 e. The Bertz CT molecular complexity index is 570. The molecule has 2 heterocycles. The Hall–Kier alpha value is -1.95. The van der Waals surface area contributed by atoms with Crippen LogP contribution in [0.15, 0.2) is 24.5 Å². The number of aryl methyl sites for hydroxylation is 2. The van der Waals surface area contributed by atoms with Crippen molar-refractivity contribution >= 4 is 17.5 Å². The number of carbonyl (C=O) groups is 1. The average Bonchev–Trinajstić information content (AvgIpc) is 2.95. The summed E-state index contributed by atoms with van der Waals surface area (Å²) in [5.74, 6) is -0.136. The Morgan fingerprint density at radius 2 is 2.30 bits per heavy atom. The molecule has 0 spiro atoms. The van der Waals surface area contributed by atoms with Gasteiger partial charge >= 0.3 is 0 Å².